The second kappa shape index (κ2) is 7.67. The number of halogens is 4. The highest BCUT2D eigenvalue weighted by atomic mass is 79.9. The lowest BCUT2D eigenvalue weighted by Crippen LogP contribution is -2.12. The first kappa shape index (κ1) is 19.7. The molecule has 1 N–H and O–H groups in total. The van der Waals surface area contributed by atoms with Gasteiger partial charge in [0.05, 0.1) is 5.69 Å². The van der Waals surface area contributed by atoms with Crippen LogP contribution in [0, 0.1) is 0 Å². The number of carbonyl (C=O) groups excluding carboxylic acids is 1. The van der Waals surface area contributed by atoms with E-state index in [0.717, 1.165) is 17.3 Å². The molecule has 1 aliphatic rings. The Morgan fingerprint density at radius 3 is 2.31 bits per heavy atom. The molecule has 0 radical (unpaired) electrons. The van der Waals surface area contributed by atoms with Crippen molar-refractivity contribution in [2.45, 2.75) is 31.9 Å². The highest BCUT2D eigenvalue weighted by molar-refractivity contribution is 9.10. The predicted octanol–water partition coefficient (Wildman–Crippen LogP) is 5.78. The monoisotopic (exact) mass is 463 g/mol. The van der Waals surface area contributed by atoms with Gasteiger partial charge in [-0.05, 0) is 74.2 Å². The predicted molar refractivity (Wildman–Crippen MR) is 107 cm³/mol. The molecule has 1 aromatic heterocycles. The van der Waals surface area contributed by atoms with Gasteiger partial charge >= 0.3 is 6.18 Å². The van der Waals surface area contributed by atoms with Gasteiger partial charge in [-0.15, -0.1) is 0 Å². The highest BCUT2D eigenvalue weighted by Gasteiger charge is 2.39. The number of hydrogen-bond acceptors (Lipinski definition) is 2. The summed E-state index contributed by atoms with van der Waals surface area (Å²) in [5, 5.41) is 6.66. The van der Waals surface area contributed by atoms with Crippen molar-refractivity contribution in [3.05, 3.63) is 75.5 Å². The van der Waals surface area contributed by atoms with Gasteiger partial charge < -0.3 is 5.32 Å². The molecule has 0 fully saturated rings. The second-order valence-corrected chi connectivity index (χ2v) is 7.81. The topological polar surface area (TPSA) is 46.9 Å². The molecule has 4 nitrogen and oxygen atoms in total. The highest BCUT2D eigenvalue weighted by Crippen LogP contribution is 2.36. The quantitative estimate of drug-likeness (QED) is 0.534. The van der Waals surface area contributed by atoms with E-state index in [4.69, 9.17) is 0 Å². The molecule has 0 saturated carbocycles. The van der Waals surface area contributed by atoms with E-state index < -0.39 is 11.9 Å². The van der Waals surface area contributed by atoms with Crippen LogP contribution >= 0.6 is 15.9 Å². The average Bonchev–Trinajstić information content (AvgIpc) is 3.10. The van der Waals surface area contributed by atoms with E-state index in [9.17, 15) is 18.0 Å². The SMILES string of the molecule is O=C(Nc1ccc(Br)cc1)c1ccc(-n2nc(C(F)(F)F)c3c2CCCC3)cc1. The third-order valence-corrected chi connectivity index (χ3v) is 5.45. The molecule has 0 unspecified atom stereocenters. The minimum Gasteiger partial charge on any atom is -0.322 e. The number of nitrogens with zero attached hydrogens (tertiary/aromatic N) is 2. The third kappa shape index (κ3) is 4.07. The van der Waals surface area contributed by atoms with Gasteiger partial charge in [0.2, 0.25) is 0 Å². The summed E-state index contributed by atoms with van der Waals surface area (Å²) >= 11 is 3.34. The van der Waals surface area contributed by atoms with Crippen molar-refractivity contribution in [1.29, 1.82) is 0 Å². The first-order valence-electron chi connectivity index (χ1n) is 9.18. The van der Waals surface area contributed by atoms with Gasteiger partial charge in [-0.1, -0.05) is 15.9 Å². The van der Waals surface area contributed by atoms with E-state index in [0.29, 0.717) is 41.0 Å². The lowest BCUT2D eigenvalue weighted by molar-refractivity contribution is -0.142. The van der Waals surface area contributed by atoms with Crippen molar-refractivity contribution in [3.63, 3.8) is 0 Å². The number of aromatic nitrogens is 2. The van der Waals surface area contributed by atoms with E-state index >= 15 is 0 Å². The summed E-state index contributed by atoms with van der Waals surface area (Å²) in [5.41, 5.74) is 1.67. The largest absolute Gasteiger partial charge is 0.435 e. The Labute approximate surface area is 173 Å². The molecule has 0 aliphatic heterocycles. The number of carbonyl (C=O) groups is 1. The van der Waals surface area contributed by atoms with Crippen LogP contribution in [0.3, 0.4) is 0 Å². The van der Waals surface area contributed by atoms with E-state index in [1.54, 1.807) is 36.4 Å². The smallest absolute Gasteiger partial charge is 0.322 e. The maximum atomic E-state index is 13.4. The Bertz CT molecular complexity index is 1040. The number of anilines is 1. The average molecular weight is 464 g/mol. The van der Waals surface area contributed by atoms with Gasteiger partial charge in [-0.25, -0.2) is 4.68 Å². The van der Waals surface area contributed by atoms with Crippen molar-refractivity contribution < 1.29 is 18.0 Å². The molecule has 0 saturated heterocycles. The fourth-order valence-corrected chi connectivity index (χ4v) is 3.80. The summed E-state index contributed by atoms with van der Waals surface area (Å²) in [6, 6.07) is 13.6. The van der Waals surface area contributed by atoms with Crippen LogP contribution in [0.25, 0.3) is 5.69 Å². The molecule has 3 aromatic rings. The summed E-state index contributed by atoms with van der Waals surface area (Å²) < 4.78 is 42.4. The molecule has 8 heteroatoms. The van der Waals surface area contributed by atoms with Crippen molar-refractivity contribution in [2.75, 3.05) is 5.32 Å². The Morgan fingerprint density at radius 2 is 1.66 bits per heavy atom. The number of benzene rings is 2. The number of fused-ring (bicyclic) bond motifs is 1. The summed E-state index contributed by atoms with van der Waals surface area (Å²) in [5.74, 6) is -0.294. The van der Waals surface area contributed by atoms with Gasteiger partial charge in [0, 0.05) is 27.0 Å². The van der Waals surface area contributed by atoms with Crippen LogP contribution < -0.4 is 5.32 Å². The van der Waals surface area contributed by atoms with E-state index in [-0.39, 0.29) is 5.91 Å². The van der Waals surface area contributed by atoms with E-state index in [1.807, 2.05) is 12.1 Å². The fourth-order valence-electron chi connectivity index (χ4n) is 3.53. The van der Waals surface area contributed by atoms with Crippen LogP contribution in [-0.2, 0) is 19.0 Å². The molecule has 1 amide bonds. The molecular formula is C21H17BrF3N3O. The minimum absolute atomic E-state index is 0.292. The molecule has 0 bridgehead atoms. The van der Waals surface area contributed by atoms with Crippen molar-refractivity contribution in [1.82, 2.24) is 9.78 Å². The Balaban J connectivity index is 1.60. The molecule has 150 valence electrons. The van der Waals surface area contributed by atoms with Crippen molar-refractivity contribution in [3.8, 4) is 5.69 Å². The molecule has 4 rings (SSSR count). The Morgan fingerprint density at radius 1 is 1.00 bits per heavy atom. The number of nitrogens with one attached hydrogen (secondary N) is 1. The van der Waals surface area contributed by atoms with Crippen molar-refractivity contribution >= 4 is 27.5 Å². The van der Waals surface area contributed by atoms with E-state index in [2.05, 4.69) is 26.3 Å². The molecule has 29 heavy (non-hydrogen) atoms. The van der Waals surface area contributed by atoms with Crippen LogP contribution in [-0.4, -0.2) is 15.7 Å². The molecular weight excluding hydrogens is 447 g/mol. The first-order valence-corrected chi connectivity index (χ1v) is 9.97. The van der Waals surface area contributed by atoms with Gasteiger partial charge in [-0.2, -0.15) is 18.3 Å². The normalized spacial score (nSPS) is 13.8. The van der Waals surface area contributed by atoms with Crippen LogP contribution in [0.4, 0.5) is 18.9 Å². The maximum Gasteiger partial charge on any atom is 0.435 e. The van der Waals surface area contributed by atoms with Crippen LogP contribution in [0.15, 0.2) is 53.0 Å². The maximum absolute atomic E-state index is 13.4. The van der Waals surface area contributed by atoms with Crippen LogP contribution in [0.2, 0.25) is 0 Å². The molecule has 2 aromatic carbocycles. The van der Waals surface area contributed by atoms with Crippen LogP contribution in [0.5, 0.6) is 0 Å². The number of amides is 1. The second-order valence-electron chi connectivity index (χ2n) is 6.90. The van der Waals surface area contributed by atoms with Gasteiger partial charge in [0.15, 0.2) is 5.69 Å². The van der Waals surface area contributed by atoms with Crippen molar-refractivity contribution in [2.24, 2.45) is 0 Å². The molecule has 0 atom stereocenters. The standard InChI is InChI=1S/C21H17BrF3N3O/c22-14-7-9-15(10-8-14)26-20(29)13-5-11-16(12-6-13)28-18-4-2-1-3-17(18)19(27-28)21(23,24)25/h5-12H,1-4H2,(H,26,29). The fraction of sp³-hybridized carbons (Fsp3) is 0.238. The molecule has 1 aliphatic carbocycles. The summed E-state index contributed by atoms with van der Waals surface area (Å²) in [4.78, 5) is 12.4. The van der Waals surface area contributed by atoms with Gasteiger partial charge in [0.1, 0.15) is 0 Å². The summed E-state index contributed by atoms with van der Waals surface area (Å²) in [6.45, 7) is 0. The summed E-state index contributed by atoms with van der Waals surface area (Å²) in [7, 11) is 0. The zero-order chi connectivity index (χ0) is 20.6. The first-order chi connectivity index (χ1) is 13.8. The molecule has 1 heterocycles. The number of rotatable bonds is 3. The summed E-state index contributed by atoms with van der Waals surface area (Å²) in [6.07, 6.45) is -1.96. The van der Waals surface area contributed by atoms with E-state index in [1.165, 1.54) is 4.68 Å². The van der Waals surface area contributed by atoms with Gasteiger partial charge in [0.25, 0.3) is 5.91 Å². The number of alkyl halides is 3. The lowest BCUT2D eigenvalue weighted by atomic mass is 9.95. The lowest BCUT2D eigenvalue weighted by Gasteiger charge is -2.15. The van der Waals surface area contributed by atoms with Crippen LogP contribution in [0.1, 0.15) is 40.2 Å². The minimum atomic E-state index is -4.48. The zero-order valence-corrected chi connectivity index (χ0v) is 16.8. The molecule has 0 spiro atoms. The van der Waals surface area contributed by atoms with Gasteiger partial charge in [-0.3, -0.25) is 4.79 Å². The third-order valence-electron chi connectivity index (χ3n) is 4.92. The number of hydrogen-bond donors (Lipinski definition) is 1. The Hall–Kier alpha value is -2.61. The zero-order valence-electron chi connectivity index (χ0n) is 15.3. The Kier molecular flexibility index (Phi) is 5.21.